The van der Waals surface area contributed by atoms with E-state index in [0.717, 1.165) is 15.0 Å². The maximum Gasteiger partial charge on any atom is 0.101 e. The monoisotopic (exact) mass is 239 g/mol. The van der Waals surface area contributed by atoms with Gasteiger partial charge in [0, 0.05) is 10.3 Å². The molecule has 0 saturated carbocycles. The molecule has 0 fully saturated rings. The van der Waals surface area contributed by atoms with Crippen LogP contribution in [0.15, 0.2) is 22.4 Å². The van der Waals surface area contributed by atoms with Crippen molar-refractivity contribution in [3.05, 3.63) is 28.1 Å². The minimum atomic E-state index is 0.561. The van der Waals surface area contributed by atoms with Crippen molar-refractivity contribution in [2.45, 2.75) is 4.90 Å². The summed E-state index contributed by atoms with van der Waals surface area (Å²) < 4.78 is 1.01. The Labute approximate surface area is 95.3 Å². The summed E-state index contributed by atoms with van der Waals surface area (Å²) in [5.74, 6) is 0. The van der Waals surface area contributed by atoms with Crippen LogP contribution in [0.5, 0.6) is 0 Å². The average Bonchev–Trinajstić information content (AvgIpc) is 2.68. The summed E-state index contributed by atoms with van der Waals surface area (Å²) in [5.41, 5.74) is 0.561. The summed E-state index contributed by atoms with van der Waals surface area (Å²) in [6.45, 7) is 0. The summed E-state index contributed by atoms with van der Waals surface area (Å²) in [7, 11) is 0. The van der Waals surface area contributed by atoms with Gasteiger partial charge < -0.3 is 0 Å². The van der Waals surface area contributed by atoms with Crippen LogP contribution in [0.1, 0.15) is 5.56 Å². The molecule has 0 atom stereocenters. The van der Waals surface area contributed by atoms with Crippen molar-refractivity contribution in [2.24, 2.45) is 0 Å². The van der Waals surface area contributed by atoms with Gasteiger partial charge in [0.15, 0.2) is 0 Å². The van der Waals surface area contributed by atoms with Crippen LogP contribution in [0.25, 0.3) is 10.1 Å². The fourth-order valence-electron chi connectivity index (χ4n) is 1.32. The smallest absolute Gasteiger partial charge is 0.101 e. The third-order valence-electron chi connectivity index (χ3n) is 1.98. The van der Waals surface area contributed by atoms with E-state index in [4.69, 9.17) is 16.9 Å². The Morgan fingerprint density at radius 1 is 1.57 bits per heavy atom. The first-order valence-electron chi connectivity index (χ1n) is 3.91. The van der Waals surface area contributed by atoms with Crippen molar-refractivity contribution < 1.29 is 0 Å². The predicted molar refractivity (Wildman–Crippen MR) is 63.3 cm³/mol. The van der Waals surface area contributed by atoms with Crippen LogP contribution in [0, 0.1) is 11.3 Å². The summed E-state index contributed by atoms with van der Waals surface area (Å²) >= 11 is 9.31. The lowest BCUT2D eigenvalue weighted by Gasteiger charge is -2.02. The molecule has 2 aromatic rings. The SMILES string of the molecule is CSc1cc(C#N)c(Cl)c2sccc12. The van der Waals surface area contributed by atoms with Crippen LogP contribution >= 0.6 is 34.7 Å². The molecule has 0 aliphatic heterocycles. The quantitative estimate of drug-likeness (QED) is 0.698. The van der Waals surface area contributed by atoms with E-state index in [0.29, 0.717) is 10.6 Å². The Hall–Kier alpha value is -0.690. The van der Waals surface area contributed by atoms with Crippen molar-refractivity contribution >= 4 is 44.8 Å². The van der Waals surface area contributed by atoms with E-state index in [1.807, 2.05) is 23.8 Å². The maximum absolute atomic E-state index is 8.90. The molecule has 1 nitrogen and oxygen atoms in total. The second-order valence-electron chi connectivity index (χ2n) is 2.72. The van der Waals surface area contributed by atoms with E-state index in [9.17, 15) is 0 Å². The highest BCUT2D eigenvalue weighted by atomic mass is 35.5. The molecular formula is C10H6ClNS2. The molecule has 1 aromatic carbocycles. The number of hydrogen-bond donors (Lipinski definition) is 0. The highest BCUT2D eigenvalue weighted by Crippen LogP contribution is 2.37. The lowest BCUT2D eigenvalue weighted by atomic mass is 10.2. The molecule has 14 heavy (non-hydrogen) atoms. The molecule has 1 aromatic heterocycles. The minimum absolute atomic E-state index is 0.561. The molecule has 1 heterocycles. The normalized spacial score (nSPS) is 10.4. The number of fused-ring (bicyclic) bond motifs is 1. The fourth-order valence-corrected chi connectivity index (χ4v) is 3.20. The van der Waals surface area contributed by atoms with Crippen LogP contribution in [-0.2, 0) is 0 Å². The first-order chi connectivity index (χ1) is 6.77. The van der Waals surface area contributed by atoms with Crippen LogP contribution in [0.3, 0.4) is 0 Å². The average molecular weight is 240 g/mol. The topological polar surface area (TPSA) is 23.8 Å². The van der Waals surface area contributed by atoms with E-state index in [1.54, 1.807) is 23.1 Å². The Balaban J connectivity index is 2.89. The lowest BCUT2D eigenvalue weighted by molar-refractivity contribution is 1.46. The molecule has 0 spiro atoms. The Morgan fingerprint density at radius 2 is 2.36 bits per heavy atom. The van der Waals surface area contributed by atoms with E-state index >= 15 is 0 Å². The number of hydrogen-bond acceptors (Lipinski definition) is 3. The summed E-state index contributed by atoms with van der Waals surface area (Å²) in [6, 6.07) is 6.00. The van der Waals surface area contributed by atoms with Crippen molar-refractivity contribution in [3.63, 3.8) is 0 Å². The van der Waals surface area contributed by atoms with Crippen molar-refractivity contribution in [1.82, 2.24) is 0 Å². The van der Waals surface area contributed by atoms with Crippen molar-refractivity contribution in [1.29, 1.82) is 5.26 Å². The van der Waals surface area contributed by atoms with E-state index in [1.165, 1.54) is 0 Å². The molecule has 0 aliphatic rings. The maximum atomic E-state index is 8.90. The highest BCUT2D eigenvalue weighted by molar-refractivity contribution is 7.98. The van der Waals surface area contributed by atoms with Gasteiger partial charge in [-0.25, -0.2) is 0 Å². The van der Waals surface area contributed by atoms with E-state index < -0.39 is 0 Å². The van der Waals surface area contributed by atoms with Gasteiger partial charge in [0.05, 0.1) is 15.3 Å². The zero-order valence-corrected chi connectivity index (χ0v) is 9.76. The molecule has 0 aliphatic carbocycles. The number of halogens is 1. The molecule has 0 bridgehead atoms. The first kappa shape index (κ1) is 9.85. The van der Waals surface area contributed by atoms with Gasteiger partial charge in [-0.2, -0.15) is 5.26 Å². The van der Waals surface area contributed by atoms with E-state index in [2.05, 4.69) is 6.07 Å². The van der Waals surface area contributed by atoms with Crippen molar-refractivity contribution in [2.75, 3.05) is 6.26 Å². The Kier molecular flexibility index (Phi) is 2.69. The van der Waals surface area contributed by atoms with Gasteiger partial charge in [-0.15, -0.1) is 23.1 Å². The molecule has 0 radical (unpaired) electrons. The van der Waals surface area contributed by atoms with Gasteiger partial charge in [-0.3, -0.25) is 0 Å². The van der Waals surface area contributed by atoms with Gasteiger partial charge >= 0.3 is 0 Å². The molecule has 2 rings (SSSR count). The van der Waals surface area contributed by atoms with E-state index in [-0.39, 0.29) is 0 Å². The van der Waals surface area contributed by atoms with Gasteiger partial charge in [-0.05, 0) is 23.8 Å². The number of nitriles is 1. The summed E-state index contributed by atoms with van der Waals surface area (Å²) in [6.07, 6.45) is 2.00. The summed E-state index contributed by atoms with van der Waals surface area (Å²) in [5, 5.41) is 12.6. The van der Waals surface area contributed by atoms with Crippen LogP contribution < -0.4 is 0 Å². The third kappa shape index (κ3) is 1.40. The number of benzene rings is 1. The molecule has 0 amide bonds. The first-order valence-corrected chi connectivity index (χ1v) is 6.40. The number of thiophene rings is 1. The Morgan fingerprint density at radius 3 is 3.00 bits per heavy atom. The standard InChI is InChI=1S/C10H6ClNS2/c1-13-8-4-6(5-12)9(11)10-7(8)2-3-14-10/h2-4H,1H3. The zero-order valence-electron chi connectivity index (χ0n) is 7.37. The van der Waals surface area contributed by atoms with Crippen LogP contribution in [0.2, 0.25) is 5.02 Å². The predicted octanol–water partition coefficient (Wildman–Crippen LogP) is 4.15. The zero-order chi connectivity index (χ0) is 10.1. The molecule has 0 saturated heterocycles. The lowest BCUT2D eigenvalue weighted by Crippen LogP contribution is -1.80. The van der Waals surface area contributed by atoms with Gasteiger partial charge in [0.1, 0.15) is 6.07 Å². The van der Waals surface area contributed by atoms with Crippen LogP contribution in [0.4, 0.5) is 0 Å². The highest BCUT2D eigenvalue weighted by Gasteiger charge is 2.10. The molecule has 70 valence electrons. The largest absolute Gasteiger partial charge is 0.192 e. The minimum Gasteiger partial charge on any atom is -0.192 e. The molecule has 0 N–H and O–H groups in total. The number of thioether (sulfide) groups is 1. The van der Waals surface area contributed by atoms with Crippen molar-refractivity contribution in [3.8, 4) is 6.07 Å². The number of rotatable bonds is 1. The van der Waals surface area contributed by atoms with Gasteiger partial charge in [0.25, 0.3) is 0 Å². The second-order valence-corrected chi connectivity index (χ2v) is 4.86. The molecular weight excluding hydrogens is 234 g/mol. The number of nitrogens with zero attached hydrogens (tertiary/aromatic N) is 1. The fraction of sp³-hybridized carbons (Fsp3) is 0.100. The second kappa shape index (κ2) is 3.82. The third-order valence-corrected chi connectivity index (χ3v) is 4.20. The van der Waals surface area contributed by atoms with Gasteiger partial charge in [-0.1, -0.05) is 11.6 Å². The molecule has 0 unspecified atom stereocenters. The molecule has 4 heteroatoms. The van der Waals surface area contributed by atoms with Gasteiger partial charge in [0.2, 0.25) is 0 Å². The van der Waals surface area contributed by atoms with Crippen LogP contribution in [-0.4, -0.2) is 6.26 Å². The summed E-state index contributed by atoms with van der Waals surface area (Å²) in [4.78, 5) is 1.11. The Bertz CT molecular complexity index is 525.